The first-order valence-electron chi connectivity index (χ1n) is 7.29. The molecule has 1 atom stereocenters. The number of nitrogens with one attached hydrogen (secondary N) is 2. The van der Waals surface area contributed by atoms with E-state index >= 15 is 0 Å². The Kier molecular flexibility index (Phi) is 4.52. The Morgan fingerprint density at radius 2 is 2.09 bits per heavy atom. The zero-order valence-electron chi connectivity index (χ0n) is 12.3. The molecule has 6 nitrogen and oxygen atoms in total. The summed E-state index contributed by atoms with van der Waals surface area (Å²) in [5, 5.41) is 13.2. The minimum absolute atomic E-state index is 0.0391. The molecule has 23 heavy (non-hydrogen) atoms. The van der Waals surface area contributed by atoms with Crippen molar-refractivity contribution in [3.8, 4) is 0 Å². The van der Waals surface area contributed by atoms with E-state index in [1.54, 1.807) is 12.1 Å². The number of benzene rings is 1. The van der Waals surface area contributed by atoms with E-state index in [9.17, 15) is 9.59 Å². The number of nitrogens with zero attached hydrogens (tertiary/aromatic N) is 2. The van der Waals surface area contributed by atoms with Crippen molar-refractivity contribution >= 4 is 34.9 Å². The number of carbonyl (C=O) groups excluding carboxylic acids is 2. The van der Waals surface area contributed by atoms with Gasteiger partial charge < -0.3 is 10.6 Å². The fourth-order valence-corrected chi connectivity index (χ4v) is 2.64. The third kappa shape index (κ3) is 3.84. The SMILES string of the molecule is O=C(CCC1Cc2ccccc2NC1=O)Nc1ccc(Cl)nn1. The van der Waals surface area contributed by atoms with Gasteiger partial charge >= 0.3 is 0 Å². The summed E-state index contributed by atoms with van der Waals surface area (Å²) in [7, 11) is 0. The lowest BCUT2D eigenvalue weighted by Gasteiger charge is -2.24. The van der Waals surface area contributed by atoms with Crippen LogP contribution in [0.25, 0.3) is 0 Å². The van der Waals surface area contributed by atoms with Gasteiger partial charge in [-0.25, -0.2) is 0 Å². The van der Waals surface area contributed by atoms with Gasteiger partial charge in [-0.3, -0.25) is 9.59 Å². The van der Waals surface area contributed by atoms with Crippen LogP contribution in [0.1, 0.15) is 18.4 Å². The lowest BCUT2D eigenvalue weighted by Crippen LogP contribution is -2.30. The van der Waals surface area contributed by atoms with Crippen LogP contribution in [0.15, 0.2) is 36.4 Å². The predicted octanol–water partition coefficient (Wildman–Crippen LogP) is 2.66. The molecule has 1 aromatic carbocycles. The molecule has 0 saturated heterocycles. The molecule has 1 aliphatic heterocycles. The fraction of sp³-hybridized carbons (Fsp3) is 0.250. The highest BCUT2D eigenvalue weighted by atomic mass is 35.5. The van der Waals surface area contributed by atoms with Gasteiger partial charge in [0.1, 0.15) is 0 Å². The number of anilines is 2. The number of hydrogen-bond acceptors (Lipinski definition) is 4. The van der Waals surface area contributed by atoms with Crippen molar-refractivity contribution in [1.29, 1.82) is 0 Å². The summed E-state index contributed by atoms with van der Waals surface area (Å²) in [5.41, 5.74) is 1.95. The van der Waals surface area contributed by atoms with E-state index in [4.69, 9.17) is 11.6 Å². The summed E-state index contributed by atoms with van der Waals surface area (Å²) >= 11 is 5.64. The van der Waals surface area contributed by atoms with Crippen LogP contribution in [-0.4, -0.2) is 22.0 Å². The molecule has 3 rings (SSSR count). The van der Waals surface area contributed by atoms with Gasteiger partial charge in [0.25, 0.3) is 0 Å². The Morgan fingerprint density at radius 1 is 1.26 bits per heavy atom. The standard InChI is InChI=1S/C16H15ClN4O2/c17-13-6-7-14(21-20-13)19-15(22)8-5-11-9-10-3-1-2-4-12(10)18-16(11)23/h1-4,6-7,11H,5,8-9H2,(H,18,23)(H,19,21,22). The van der Waals surface area contributed by atoms with Crippen molar-refractivity contribution < 1.29 is 9.59 Å². The van der Waals surface area contributed by atoms with E-state index < -0.39 is 0 Å². The molecule has 0 fully saturated rings. The van der Waals surface area contributed by atoms with E-state index in [0.717, 1.165) is 11.3 Å². The summed E-state index contributed by atoms with van der Waals surface area (Å²) in [5.74, 6) is -0.0964. The number of amides is 2. The zero-order chi connectivity index (χ0) is 16.2. The molecule has 2 heterocycles. The first-order valence-corrected chi connectivity index (χ1v) is 7.67. The predicted molar refractivity (Wildman–Crippen MR) is 87.2 cm³/mol. The van der Waals surface area contributed by atoms with Crippen LogP contribution < -0.4 is 10.6 Å². The maximum atomic E-state index is 12.1. The molecule has 1 aliphatic rings. The Bertz CT molecular complexity index is 733. The second kappa shape index (κ2) is 6.75. The van der Waals surface area contributed by atoms with Crippen LogP contribution in [0.2, 0.25) is 5.15 Å². The molecule has 0 aliphatic carbocycles. The third-order valence-electron chi connectivity index (χ3n) is 3.73. The molecular weight excluding hydrogens is 316 g/mol. The third-order valence-corrected chi connectivity index (χ3v) is 3.93. The Morgan fingerprint density at radius 3 is 2.87 bits per heavy atom. The maximum absolute atomic E-state index is 12.1. The topological polar surface area (TPSA) is 84.0 Å². The number of fused-ring (bicyclic) bond motifs is 1. The number of halogens is 1. The van der Waals surface area contributed by atoms with E-state index in [-0.39, 0.29) is 29.3 Å². The highest BCUT2D eigenvalue weighted by molar-refractivity contribution is 6.29. The van der Waals surface area contributed by atoms with Crippen molar-refractivity contribution in [2.75, 3.05) is 10.6 Å². The van der Waals surface area contributed by atoms with E-state index in [1.165, 1.54) is 0 Å². The number of para-hydroxylation sites is 1. The molecule has 2 amide bonds. The van der Waals surface area contributed by atoms with Gasteiger partial charge in [-0.15, -0.1) is 10.2 Å². The molecule has 0 saturated carbocycles. The van der Waals surface area contributed by atoms with Crippen LogP contribution in [0.4, 0.5) is 11.5 Å². The second-order valence-electron chi connectivity index (χ2n) is 5.38. The molecule has 1 aromatic heterocycles. The summed E-state index contributed by atoms with van der Waals surface area (Å²) in [6.07, 6.45) is 1.37. The summed E-state index contributed by atoms with van der Waals surface area (Å²) in [6, 6.07) is 10.8. The molecule has 1 unspecified atom stereocenters. The molecule has 118 valence electrons. The van der Waals surface area contributed by atoms with Crippen molar-refractivity contribution in [3.63, 3.8) is 0 Å². The molecule has 2 aromatic rings. The molecule has 0 bridgehead atoms. The molecule has 2 N–H and O–H groups in total. The smallest absolute Gasteiger partial charge is 0.227 e. The Hall–Kier alpha value is -2.47. The highest BCUT2D eigenvalue weighted by Gasteiger charge is 2.26. The van der Waals surface area contributed by atoms with Gasteiger partial charge in [-0.2, -0.15) is 0 Å². The first-order chi connectivity index (χ1) is 11.1. The van der Waals surface area contributed by atoms with Crippen molar-refractivity contribution in [2.24, 2.45) is 5.92 Å². The van der Waals surface area contributed by atoms with Crippen molar-refractivity contribution in [3.05, 3.63) is 47.1 Å². The van der Waals surface area contributed by atoms with Crippen LogP contribution in [-0.2, 0) is 16.0 Å². The minimum Gasteiger partial charge on any atom is -0.326 e. The van der Waals surface area contributed by atoms with Crippen LogP contribution in [0.5, 0.6) is 0 Å². The Balaban J connectivity index is 1.55. The van der Waals surface area contributed by atoms with E-state index in [2.05, 4.69) is 20.8 Å². The van der Waals surface area contributed by atoms with Gasteiger partial charge in [-0.05, 0) is 36.6 Å². The number of carbonyl (C=O) groups is 2. The van der Waals surface area contributed by atoms with Crippen molar-refractivity contribution in [1.82, 2.24) is 10.2 Å². The number of hydrogen-bond donors (Lipinski definition) is 2. The second-order valence-corrected chi connectivity index (χ2v) is 5.76. The van der Waals surface area contributed by atoms with Gasteiger partial charge in [0.15, 0.2) is 11.0 Å². The summed E-state index contributed by atoms with van der Waals surface area (Å²) in [6.45, 7) is 0. The largest absolute Gasteiger partial charge is 0.326 e. The average Bonchev–Trinajstić information content (AvgIpc) is 2.55. The van der Waals surface area contributed by atoms with Gasteiger partial charge in [-0.1, -0.05) is 29.8 Å². The normalized spacial score (nSPS) is 16.4. The Labute approximate surface area is 138 Å². The lowest BCUT2D eigenvalue weighted by molar-refractivity contribution is -0.121. The number of aromatic nitrogens is 2. The first kappa shape index (κ1) is 15.4. The maximum Gasteiger partial charge on any atom is 0.227 e. The minimum atomic E-state index is -0.202. The molecule has 0 spiro atoms. The van der Waals surface area contributed by atoms with E-state index in [1.807, 2.05) is 24.3 Å². The van der Waals surface area contributed by atoms with Crippen LogP contribution in [0.3, 0.4) is 0 Å². The lowest BCUT2D eigenvalue weighted by atomic mass is 9.89. The average molecular weight is 331 g/mol. The summed E-state index contributed by atoms with van der Waals surface area (Å²) < 4.78 is 0. The molecule has 0 radical (unpaired) electrons. The van der Waals surface area contributed by atoms with Crippen molar-refractivity contribution in [2.45, 2.75) is 19.3 Å². The quantitative estimate of drug-likeness (QED) is 0.902. The fourth-order valence-electron chi connectivity index (χ4n) is 2.54. The van der Waals surface area contributed by atoms with Gasteiger partial charge in [0.05, 0.1) is 0 Å². The van der Waals surface area contributed by atoms with E-state index in [0.29, 0.717) is 18.7 Å². The van der Waals surface area contributed by atoms with Crippen LogP contribution >= 0.6 is 11.6 Å². The van der Waals surface area contributed by atoms with Gasteiger partial charge in [0, 0.05) is 18.0 Å². The summed E-state index contributed by atoms with van der Waals surface area (Å²) in [4.78, 5) is 24.0. The monoisotopic (exact) mass is 330 g/mol. The zero-order valence-corrected chi connectivity index (χ0v) is 13.0. The highest BCUT2D eigenvalue weighted by Crippen LogP contribution is 2.27. The molecular formula is C16H15ClN4O2. The van der Waals surface area contributed by atoms with Gasteiger partial charge in [0.2, 0.25) is 11.8 Å². The van der Waals surface area contributed by atoms with Crippen LogP contribution in [0, 0.1) is 5.92 Å². The molecule has 7 heteroatoms. The number of rotatable bonds is 4.